The molecule has 7 heteroatoms. The van der Waals surface area contributed by atoms with Crippen molar-refractivity contribution in [2.45, 2.75) is 38.6 Å². The summed E-state index contributed by atoms with van der Waals surface area (Å²) < 4.78 is 5.05. The van der Waals surface area contributed by atoms with E-state index in [1.54, 1.807) is 7.11 Å². The first-order valence-corrected chi connectivity index (χ1v) is 7.49. The summed E-state index contributed by atoms with van der Waals surface area (Å²) >= 11 is 0. The molecule has 2 aliphatic heterocycles. The Bertz CT molecular complexity index is 357. The number of halogens is 1. The minimum atomic E-state index is -0.175. The van der Waals surface area contributed by atoms with Crippen LogP contribution in [0.5, 0.6) is 0 Å². The first kappa shape index (κ1) is 18.0. The smallest absolute Gasteiger partial charge is 0.409 e. The zero-order chi connectivity index (χ0) is 14.4. The van der Waals surface area contributed by atoms with Crippen molar-refractivity contribution in [2.75, 3.05) is 39.9 Å². The first-order valence-electron chi connectivity index (χ1n) is 7.49. The SMILES string of the molecule is CCOC(=O)N1CCC(N2CCCC(=NOC)C2)CC1.Cl. The van der Waals surface area contributed by atoms with Gasteiger partial charge in [0.25, 0.3) is 0 Å². The van der Waals surface area contributed by atoms with Gasteiger partial charge in [0.05, 0.1) is 12.3 Å². The Labute approximate surface area is 132 Å². The maximum atomic E-state index is 11.7. The van der Waals surface area contributed by atoms with E-state index in [0.717, 1.165) is 57.6 Å². The standard InChI is InChI=1S/C14H25N3O3.ClH/c1-3-20-14(18)16-9-6-13(7-10-16)17-8-4-5-12(11-17)15-19-2;/h13H,3-11H2,1-2H3;1H. The monoisotopic (exact) mass is 319 g/mol. The summed E-state index contributed by atoms with van der Waals surface area (Å²) in [5, 5.41) is 4.09. The van der Waals surface area contributed by atoms with E-state index in [4.69, 9.17) is 9.57 Å². The molecule has 0 saturated carbocycles. The van der Waals surface area contributed by atoms with E-state index >= 15 is 0 Å². The average molecular weight is 320 g/mol. The van der Waals surface area contributed by atoms with Crippen molar-refractivity contribution in [3.63, 3.8) is 0 Å². The molecule has 1 amide bonds. The van der Waals surface area contributed by atoms with E-state index in [1.807, 2.05) is 11.8 Å². The van der Waals surface area contributed by atoms with Crippen LogP contribution in [0.25, 0.3) is 0 Å². The maximum Gasteiger partial charge on any atom is 0.409 e. The van der Waals surface area contributed by atoms with Gasteiger partial charge in [0.2, 0.25) is 0 Å². The fourth-order valence-electron chi connectivity index (χ4n) is 3.02. The van der Waals surface area contributed by atoms with E-state index in [1.165, 1.54) is 0 Å². The van der Waals surface area contributed by atoms with Crippen molar-refractivity contribution >= 4 is 24.2 Å². The highest BCUT2D eigenvalue weighted by Crippen LogP contribution is 2.20. The normalized spacial score (nSPS) is 22.8. The van der Waals surface area contributed by atoms with Crippen molar-refractivity contribution in [1.82, 2.24) is 9.80 Å². The number of nitrogens with zero attached hydrogens (tertiary/aromatic N) is 3. The Morgan fingerprint density at radius 3 is 2.67 bits per heavy atom. The van der Waals surface area contributed by atoms with Crippen molar-refractivity contribution in [1.29, 1.82) is 0 Å². The van der Waals surface area contributed by atoms with E-state index < -0.39 is 0 Å². The lowest BCUT2D eigenvalue weighted by Gasteiger charge is -2.39. The van der Waals surface area contributed by atoms with Crippen LogP contribution in [0.4, 0.5) is 4.79 Å². The van der Waals surface area contributed by atoms with E-state index in [0.29, 0.717) is 12.6 Å². The largest absolute Gasteiger partial charge is 0.450 e. The molecule has 2 fully saturated rings. The molecule has 0 N–H and O–H groups in total. The summed E-state index contributed by atoms with van der Waals surface area (Å²) in [5.74, 6) is 0. The number of carbonyl (C=O) groups is 1. The number of oxime groups is 1. The van der Waals surface area contributed by atoms with Crippen LogP contribution in [0.3, 0.4) is 0 Å². The van der Waals surface area contributed by atoms with E-state index in [-0.39, 0.29) is 18.5 Å². The van der Waals surface area contributed by atoms with Crippen molar-refractivity contribution in [3.8, 4) is 0 Å². The summed E-state index contributed by atoms with van der Waals surface area (Å²) in [6.45, 7) is 5.88. The zero-order valence-electron chi connectivity index (χ0n) is 12.9. The molecule has 0 bridgehead atoms. The summed E-state index contributed by atoms with van der Waals surface area (Å²) in [6, 6.07) is 0.544. The minimum absolute atomic E-state index is 0. The topological polar surface area (TPSA) is 54.4 Å². The van der Waals surface area contributed by atoms with Crippen LogP contribution in [0.15, 0.2) is 5.16 Å². The summed E-state index contributed by atoms with van der Waals surface area (Å²) in [7, 11) is 1.60. The second-order valence-electron chi connectivity index (χ2n) is 5.33. The third kappa shape index (κ3) is 5.04. The molecular formula is C14H26ClN3O3. The molecule has 0 radical (unpaired) electrons. The number of carbonyl (C=O) groups excluding carboxylic acids is 1. The molecule has 122 valence electrons. The Morgan fingerprint density at radius 2 is 2.05 bits per heavy atom. The molecule has 21 heavy (non-hydrogen) atoms. The molecular weight excluding hydrogens is 294 g/mol. The van der Waals surface area contributed by atoms with Crippen molar-refractivity contribution in [2.24, 2.45) is 5.16 Å². The Kier molecular flexibility index (Phi) is 7.82. The lowest BCUT2D eigenvalue weighted by molar-refractivity contribution is 0.0763. The molecule has 2 rings (SSSR count). The third-order valence-electron chi connectivity index (χ3n) is 4.02. The van der Waals surface area contributed by atoms with Crippen molar-refractivity contribution in [3.05, 3.63) is 0 Å². The molecule has 2 aliphatic rings. The van der Waals surface area contributed by atoms with Gasteiger partial charge in [-0.2, -0.15) is 0 Å². The predicted octanol–water partition coefficient (Wildman–Crippen LogP) is 2.13. The van der Waals surface area contributed by atoms with Crippen molar-refractivity contribution < 1.29 is 14.4 Å². The van der Waals surface area contributed by atoms with Crippen LogP contribution in [0.1, 0.15) is 32.6 Å². The molecule has 0 spiro atoms. The highest BCUT2D eigenvalue weighted by molar-refractivity contribution is 5.86. The van der Waals surface area contributed by atoms with Crippen LogP contribution >= 0.6 is 12.4 Å². The first-order chi connectivity index (χ1) is 9.74. The van der Waals surface area contributed by atoms with Gasteiger partial charge >= 0.3 is 6.09 Å². The number of ether oxygens (including phenoxy) is 1. The third-order valence-corrected chi connectivity index (χ3v) is 4.02. The molecule has 0 atom stereocenters. The predicted molar refractivity (Wildman–Crippen MR) is 84.1 cm³/mol. The minimum Gasteiger partial charge on any atom is -0.450 e. The quantitative estimate of drug-likeness (QED) is 0.748. The number of hydrogen-bond donors (Lipinski definition) is 0. The molecule has 0 aromatic carbocycles. The van der Waals surface area contributed by atoms with Crippen LogP contribution in [-0.2, 0) is 9.57 Å². The number of amides is 1. The number of piperidine rings is 2. The molecule has 0 aliphatic carbocycles. The zero-order valence-corrected chi connectivity index (χ0v) is 13.7. The van der Waals surface area contributed by atoms with Gasteiger partial charge in [0.1, 0.15) is 7.11 Å². The van der Waals surface area contributed by atoms with Gasteiger partial charge in [-0.25, -0.2) is 4.79 Å². The van der Waals surface area contributed by atoms with Gasteiger partial charge in [0, 0.05) is 25.7 Å². The fourth-order valence-corrected chi connectivity index (χ4v) is 3.02. The average Bonchev–Trinajstić information content (AvgIpc) is 2.48. The van der Waals surface area contributed by atoms with E-state index in [2.05, 4.69) is 10.1 Å². The molecule has 0 aromatic heterocycles. The maximum absolute atomic E-state index is 11.7. The Morgan fingerprint density at radius 1 is 1.33 bits per heavy atom. The highest BCUT2D eigenvalue weighted by atomic mass is 35.5. The van der Waals surface area contributed by atoms with Crippen LogP contribution in [0.2, 0.25) is 0 Å². The van der Waals surface area contributed by atoms with Gasteiger partial charge in [-0.1, -0.05) is 5.16 Å². The number of hydrogen-bond acceptors (Lipinski definition) is 5. The number of likely N-dealkylation sites (tertiary alicyclic amines) is 2. The summed E-state index contributed by atoms with van der Waals surface area (Å²) in [4.78, 5) is 20.8. The second-order valence-corrected chi connectivity index (χ2v) is 5.33. The van der Waals surface area contributed by atoms with Crippen LogP contribution < -0.4 is 0 Å². The van der Waals surface area contributed by atoms with Crippen LogP contribution in [-0.4, -0.2) is 67.5 Å². The molecule has 2 heterocycles. The van der Waals surface area contributed by atoms with E-state index in [9.17, 15) is 4.79 Å². The number of rotatable bonds is 3. The fraction of sp³-hybridized carbons (Fsp3) is 0.857. The lowest BCUT2D eigenvalue weighted by atomic mass is 9.99. The lowest BCUT2D eigenvalue weighted by Crippen LogP contribution is -2.49. The Balaban J connectivity index is 0.00000220. The Hall–Kier alpha value is -1.01. The molecule has 6 nitrogen and oxygen atoms in total. The van der Waals surface area contributed by atoms with Gasteiger partial charge < -0.3 is 14.5 Å². The van der Waals surface area contributed by atoms with Gasteiger partial charge in [-0.15, -0.1) is 12.4 Å². The summed E-state index contributed by atoms with van der Waals surface area (Å²) in [5.41, 5.74) is 1.13. The highest BCUT2D eigenvalue weighted by Gasteiger charge is 2.29. The van der Waals surface area contributed by atoms with Gasteiger partial charge in [-0.3, -0.25) is 4.90 Å². The van der Waals surface area contributed by atoms with Crippen LogP contribution in [0, 0.1) is 0 Å². The molecule has 0 aromatic rings. The molecule has 0 unspecified atom stereocenters. The van der Waals surface area contributed by atoms with Gasteiger partial charge in [-0.05, 0) is 39.2 Å². The summed E-state index contributed by atoms with van der Waals surface area (Å²) in [6.07, 6.45) is 4.02. The molecule has 2 saturated heterocycles. The second kappa shape index (κ2) is 9.10. The van der Waals surface area contributed by atoms with Gasteiger partial charge in [0.15, 0.2) is 0 Å².